The van der Waals surface area contributed by atoms with Crippen LogP contribution in [0.3, 0.4) is 0 Å². The van der Waals surface area contributed by atoms with E-state index in [1.807, 2.05) is 0 Å². The van der Waals surface area contributed by atoms with Crippen LogP contribution in [0.2, 0.25) is 0 Å². The number of alkyl halides is 26. The fourth-order valence-electron chi connectivity index (χ4n) is 2.04. The summed E-state index contributed by atoms with van der Waals surface area (Å²) in [6.07, 6.45) is -18.9. The van der Waals surface area contributed by atoms with Gasteiger partial charge in [0.2, 0.25) is 0 Å². The van der Waals surface area contributed by atoms with Gasteiger partial charge in [-0.2, -0.15) is 114 Å². The molecule has 0 aromatic carbocycles. The molecule has 0 nitrogen and oxygen atoms in total. The molecule has 0 spiro atoms. The molecule has 0 atom stereocenters. The predicted octanol–water partition coefficient (Wildman–Crippen LogP) is 9.78. The van der Waals surface area contributed by atoms with Crippen LogP contribution in [0.1, 0.15) is 0 Å². The van der Waals surface area contributed by atoms with Crippen LogP contribution >= 0.6 is 22.6 Å². The van der Waals surface area contributed by atoms with Crippen LogP contribution in [-0.4, -0.2) is 71.6 Å². The molecule has 0 aliphatic carbocycles. The van der Waals surface area contributed by atoms with Crippen molar-refractivity contribution in [1.82, 2.24) is 0 Å². The highest BCUT2D eigenvalue weighted by atomic mass is 127. The van der Waals surface area contributed by atoms with Gasteiger partial charge in [-0.3, -0.25) is 0 Å². The fourth-order valence-corrected chi connectivity index (χ4v) is 2.77. The van der Waals surface area contributed by atoms with E-state index in [1.54, 1.807) is 0 Å². The van der Waals surface area contributed by atoms with Crippen molar-refractivity contribution in [2.75, 3.05) is 0 Å². The molecular weight excluding hydrogens is 789 g/mol. The zero-order chi connectivity index (χ0) is 34.3. The molecule has 27 heteroatoms. The lowest BCUT2D eigenvalue weighted by Gasteiger charge is -2.40. The first-order valence-electron chi connectivity index (χ1n) is 8.43. The third-order valence-electron chi connectivity index (χ3n) is 4.50. The van der Waals surface area contributed by atoms with Crippen LogP contribution in [0.5, 0.6) is 0 Å². The minimum atomic E-state index is -8.75. The van der Waals surface area contributed by atoms with Crippen LogP contribution in [0.25, 0.3) is 0 Å². The van der Waals surface area contributed by atoms with Crippen molar-refractivity contribution in [1.29, 1.82) is 0 Å². The summed E-state index contributed by atoms with van der Waals surface area (Å²) in [6.45, 7) is 0. The summed E-state index contributed by atoms with van der Waals surface area (Å²) in [4.78, 5) is 0. The minimum Gasteiger partial charge on any atom is -0.195 e. The van der Waals surface area contributed by atoms with Gasteiger partial charge in [0.15, 0.2) is 0 Å². The van der Waals surface area contributed by atoms with Gasteiger partial charge in [-0.05, 0) is 22.6 Å². The Morgan fingerprint density at radius 2 is 0.537 bits per heavy atom. The van der Waals surface area contributed by atoms with Gasteiger partial charge >= 0.3 is 71.6 Å². The highest BCUT2D eigenvalue weighted by Crippen LogP contribution is 2.64. The number of halogens is 27. The van der Waals surface area contributed by atoms with Gasteiger partial charge in [0.1, 0.15) is 0 Å². The molecule has 41 heavy (non-hydrogen) atoms. The third kappa shape index (κ3) is 5.23. The van der Waals surface area contributed by atoms with E-state index in [9.17, 15) is 114 Å². The molecular formula is C14HF26I. The molecule has 0 rings (SSSR count). The smallest absolute Gasteiger partial charge is 0.195 e. The van der Waals surface area contributed by atoms with Crippen molar-refractivity contribution < 1.29 is 114 Å². The molecule has 0 saturated carbocycles. The standard InChI is InChI=1S/C14HF26I/c15-3(16,5(19,20)7(23,24)9(27,28)11(31,32)13(35,36)37)1-2(41)4(17,18)6(21,22)8(25,26)10(29,30)12(33,34)14(38,39)40/h1H/b2-1-. The van der Waals surface area contributed by atoms with E-state index in [0.717, 1.165) is 0 Å². The first kappa shape index (κ1) is 39.6. The quantitative estimate of drug-likeness (QED) is 0.153. The largest absolute Gasteiger partial charge is 0.460 e. The predicted molar refractivity (Wildman–Crippen MR) is 83.7 cm³/mol. The van der Waals surface area contributed by atoms with E-state index in [2.05, 4.69) is 0 Å². The lowest BCUT2D eigenvalue weighted by molar-refractivity contribution is -0.437. The average Bonchev–Trinajstić information content (AvgIpc) is 2.70. The summed E-state index contributed by atoms with van der Waals surface area (Å²) < 4.78 is 333. The minimum absolute atomic E-state index is 1.07. The van der Waals surface area contributed by atoms with Gasteiger partial charge in [0.05, 0.1) is 3.58 Å². The van der Waals surface area contributed by atoms with E-state index in [-0.39, 0.29) is 0 Å². The lowest BCUT2D eigenvalue weighted by Crippen LogP contribution is -2.70. The SMILES string of the molecule is FC(F)(F)C(F)(F)C(F)(F)C(F)(F)C(F)(F)C(F)(F)/C=C(\I)C(F)(F)C(F)(F)C(F)(F)C(F)(F)C(F)(F)C(F)(F)F. The molecule has 0 aliphatic heterocycles. The van der Waals surface area contributed by atoms with Crippen molar-refractivity contribution in [2.24, 2.45) is 0 Å². The zero-order valence-electron chi connectivity index (χ0n) is 17.3. The Hall–Kier alpha value is -1.35. The topological polar surface area (TPSA) is 0 Å². The summed E-state index contributed by atoms with van der Waals surface area (Å²) in [6, 6.07) is 0. The van der Waals surface area contributed by atoms with Crippen LogP contribution in [-0.2, 0) is 0 Å². The van der Waals surface area contributed by atoms with Crippen molar-refractivity contribution in [2.45, 2.75) is 71.6 Å². The highest BCUT2D eigenvalue weighted by Gasteiger charge is 2.92. The van der Waals surface area contributed by atoms with Crippen molar-refractivity contribution in [3.05, 3.63) is 9.66 Å². The monoisotopic (exact) mass is 790 g/mol. The van der Waals surface area contributed by atoms with E-state index >= 15 is 0 Å². The van der Waals surface area contributed by atoms with Crippen molar-refractivity contribution in [3.8, 4) is 0 Å². The summed E-state index contributed by atoms with van der Waals surface area (Å²) in [5.41, 5.74) is 0. The van der Waals surface area contributed by atoms with Crippen LogP contribution in [0, 0.1) is 0 Å². The molecule has 0 aromatic rings. The Labute approximate surface area is 218 Å². The molecule has 0 unspecified atom stereocenters. The second kappa shape index (κ2) is 9.83. The molecule has 0 N–H and O–H groups in total. The number of rotatable bonds is 10. The van der Waals surface area contributed by atoms with Gasteiger partial charge in [-0.25, -0.2) is 0 Å². The van der Waals surface area contributed by atoms with E-state index in [1.165, 1.54) is 0 Å². The number of allylic oxidation sites excluding steroid dienone is 2. The van der Waals surface area contributed by atoms with Crippen molar-refractivity contribution >= 4 is 22.6 Å². The van der Waals surface area contributed by atoms with E-state index < -0.39 is 104 Å². The maximum Gasteiger partial charge on any atom is 0.460 e. The molecule has 0 bridgehead atoms. The Kier molecular flexibility index (Phi) is 9.51. The first-order chi connectivity index (χ1) is 17.1. The van der Waals surface area contributed by atoms with Gasteiger partial charge in [-0.1, -0.05) is 0 Å². The Balaban J connectivity index is 7.12. The Morgan fingerprint density at radius 1 is 0.317 bits per heavy atom. The molecule has 0 fully saturated rings. The van der Waals surface area contributed by atoms with E-state index in [0.29, 0.717) is 0 Å². The summed E-state index contributed by atoms with van der Waals surface area (Å²) in [5, 5.41) is 0. The van der Waals surface area contributed by atoms with Gasteiger partial charge in [-0.15, -0.1) is 0 Å². The molecule has 0 radical (unpaired) electrons. The maximum absolute atomic E-state index is 13.8. The zero-order valence-corrected chi connectivity index (χ0v) is 19.4. The first-order valence-corrected chi connectivity index (χ1v) is 9.51. The molecule has 0 aromatic heterocycles. The number of hydrogen-bond donors (Lipinski definition) is 0. The average molecular weight is 790 g/mol. The normalized spacial score (nSPS) is 17.3. The van der Waals surface area contributed by atoms with Crippen LogP contribution < -0.4 is 0 Å². The maximum atomic E-state index is 13.8. The summed E-state index contributed by atoms with van der Waals surface area (Å²) in [5.74, 6) is -84.4. The van der Waals surface area contributed by atoms with Gasteiger partial charge in [0, 0.05) is 6.08 Å². The fraction of sp³-hybridized carbons (Fsp3) is 0.857. The summed E-state index contributed by atoms with van der Waals surface area (Å²) in [7, 11) is 0. The molecule has 0 aliphatic rings. The van der Waals surface area contributed by atoms with Crippen LogP contribution in [0.4, 0.5) is 114 Å². The second-order valence-electron chi connectivity index (χ2n) is 7.28. The van der Waals surface area contributed by atoms with E-state index in [4.69, 9.17) is 0 Å². The van der Waals surface area contributed by atoms with Crippen molar-refractivity contribution in [3.63, 3.8) is 0 Å². The number of hydrogen-bond acceptors (Lipinski definition) is 0. The van der Waals surface area contributed by atoms with Crippen LogP contribution in [0.15, 0.2) is 9.66 Å². The van der Waals surface area contributed by atoms with Gasteiger partial charge < -0.3 is 0 Å². The summed E-state index contributed by atoms with van der Waals surface area (Å²) >= 11 is -1.07. The molecule has 246 valence electrons. The second-order valence-corrected chi connectivity index (χ2v) is 8.44. The van der Waals surface area contributed by atoms with Gasteiger partial charge in [0.25, 0.3) is 0 Å². The Morgan fingerprint density at radius 3 is 0.780 bits per heavy atom. The third-order valence-corrected chi connectivity index (χ3v) is 5.49. The Bertz CT molecular complexity index is 991. The highest BCUT2D eigenvalue weighted by molar-refractivity contribution is 14.1. The molecule has 0 saturated heterocycles. The molecule has 0 amide bonds. The lowest BCUT2D eigenvalue weighted by atomic mass is 9.91. The molecule has 0 heterocycles.